The van der Waals surface area contributed by atoms with Crippen molar-refractivity contribution in [3.05, 3.63) is 78.6 Å². The Morgan fingerprint density at radius 2 is 1.56 bits per heavy atom. The van der Waals surface area contributed by atoms with Gasteiger partial charge in [-0.15, -0.1) is 11.3 Å². The summed E-state index contributed by atoms with van der Waals surface area (Å²) in [5.74, 6) is -0.305. The van der Waals surface area contributed by atoms with Crippen molar-refractivity contribution < 1.29 is 12.8 Å². The predicted molar refractivity (Wildman–Crippen MR) is 96.9 cm³/mol. The first-order valence-corrected chi connectivity index (χ1v) is 9.81. The van der Waals surface area contributed by atoms with Gasteiger partial charge in [0.15, 0.2) is 0 Å². The molecule has 0 bridgehead atoms. The van der Waals surface area contributed by atoms with E-state index in [1.807, 2.05) is 0 Å². The summed E-state index contributed by atoms with van der Waals surface area (Å²) in [7, 11) is -3.56. The molecular formula is C19H12FNO2S2. The fourth-order valence-electron chi connectivity index (χ4n) is 2.52. The van der Waals surface area contributed by atoms with E-state index in [0.717, 1.165) is 20.8 Å². The maximum absolute atomic E-state index is 13.1. The number of benzene rings is 3. The molecule has 3 nitrogen and oxygen atoms in total. The van der Waals surface area contributed by atoms with Gasteiger partial charge in [0.2, 0.25) is 9.84 Å². The first kappa shape index (κ1) is 15.9. The molecule has 25 heavy (non-hydrogen) atoms. The zero-order chi connectivity index (χ0) is 17.4. The van der Waals surface area contributed by atoms with Crippen molar-refractivity contribution in [1.82, 2.24) is 4.98 Å². The van der Waals surface area contributed by atoms with Gasteiger partial charge in [0.1, 0.15) is 10.8 Å². The number of hydrogen-bond acceptors (Lipinski definition) is 4. The van der Waals surface area contributed by atoms with Gasteiger partial charge in [0, 0.05) is 5.56 Å². The van der Waals surface area contributed by atoms with Crippen LogP contribution in [0.5, 0.6) is 0 Å². The van der Waals surface area contributed by atoms with Gasteiger partial charge in [-0.1, -0.05) is 18.2 Å². The molecule has 124 valence electrons. The zero-order valence-corrected chi connectivity index (χ0v) is 14.5. The van der Waals surface area contributed by atoms with E-state index in [4.69, 9.17) is 0 Å². The smallest absolute Gasteiger partial charge is 0.206 e. The van der Waals surface area contributed by atoms with Crippen molar-refractivity contribution in [2.45, 2.75) is 9.79 Å². The van der Waals surface area contributed by atoms with Crippen LogP contribution in [0.2, 0.25) is 0 Å². The molecule has 6 heteroatoms. The first-order chi connectivity index (χ1) is 12.0. The third-order valence-corrected chi connectivity index (χ3v) is 6.65. The normalized spacial score (nSPS) is 11.7. The molecule has 0 unspecified atom stereocenters. The zero-order valence-electron chi connectivity index (χ0n) is 12.9. The summed E-state index contributed by atoms with van der Waals surface area (Å²) in [6.45, 7) is 0. The largest absolute Gasteiger partial charge is 0.236 e. The minimum Gasteiger partial charge on any atom is -0.236 e. The van der Waals surface area contributed by atoms with Crippen molar-refractivity contribution in [1.29, 1.82) is 0 Å². The van der Waals surface area contributed by atoms with E-state index in [2.05, 4.69) is 4.98 Å². The lowest BCUT2D eigenvalue weighted by Crippen LogP contribution is -2.01. The lowest BCUT2D eigenvalue weighted by molar-refractivity contribution is 0.596. The number of sulfone groups is 1. The van der Waals surface area contributed by atoms with E-state index in [9.17, 15) is 12.8 Å². The van der Waals surface area contributed by atoms with Crippen LogP contribution in [0.1, 0.15) is 0 Å². The molecule has 4 aromatic rings. The Kier molecular flexibility index (Phi) is 3.86. The maximum atomic E-state index is 13.1. The van der Waals surface area contributed by atoms with Crippen LogP contribution in [-0.2, 0) is 9.84 Å². The van der Waals surface area contributed by atoms with E-state index in [1.165, 1.54) is 23.5 Å². The summed E-state index contributed by atoms with van der Waals surface area (Å²) < 4.78 is 39.3. The summed E-state index contributed by atoms with van der Waals surface area (Å²) in [5, 5.41) is 0.726. The van der Waals surface area contributed by atoms with Crippen LogP contribution < -0.4 is 0 Å². The monoisotopic (exact) mass is 369 g/mol. The van der Waals surface area contributed by atoms with Crippen molar-refractivity contribution in [3.63, 3.8) is 0 Å². The van der Waals surface area contributed by atoms with Gasteiger partial charge < -0.3 is 0 Å². The molecule has 0 fully saturated rings. The van der Waals surface area contributed by atoms with Gasteiger partial charge in [-0.2, -0.15) is 0 Å². The van der Waals surface area contributed by atoms with E-state index < -0.39 is 9.84 Å². The van der Waals surface area contributed by atoms with Crippen molar-refractivity contribution in [3.8, 4) is 10.6 Å². The summed E-state index contributed by atoms with van der Waals surface area (Å²) in [6.07, 6.45) is 0. The molecular weight excluding hydrogens is 357 g/mol. The highest BCUT2D eigenvalue weighted by molar-refractivity contribution is 7.91. The van der Waals surface area contributed by atoms with Crippen LogP contribution >= 0.6 is 11.3 Å². The minimum absolute atomic E-state index is 0.237. The van der Waals surface area contributed by atoms with Gasteiger partial charge in [-0.25, -0.2) is 17.8 Å². The number of halogens is 1. The maximum Gasteiger partial charge on any atom is 0.206 e. The van der Waals surface area contributed by atoms with E-state index >= 15 is 0 Å². The lowest BCUT2D eigenvalue weighted by atomic mass is 10.2. The molecule has 0 aliphatic heterocycles. The van der Waals surface area contributed by atoms with Crippen LogP contribution in [-0.4, -0.2) is 13.4 Å². The molecule has 0 saturated heterocycles. The Morgan fingerprint density at radius 3 is 2.28 bits per heavy atom. The van der Waals surface area contributed by atoms with Crippen LogP contribution in [0.25, 0.3) is 20.8 Å². The second-order valence-corrected chi connectivity index (χ2v) is 8.45. The van der Waals surface area contributed by atoms with Crippen molar-refractivity contribution in [2.24, 2.45) is 0 Å². The third kappa shape index (κ3) is 2.94. The van der Waals surface area contributed by atoms with Gasteiger partial charge in [0.05, 0.1) is 20.0 Å². The second-order valence-electron chi connectivity index (χ2n) is 5.47. The number of aromatic nitrogens is 1. The number of thiazole rings is 1. The minimum atomic E-state index is -3.56. The van der Waals surface area contributed by atoms with Gasteiger partial charge in [-0.05, 0) is 54.6 Å². The summed E-state index contributed by atoms with van der Waals surface area (Å²) >= 11 is 1.38. The van der Waals surface area contributed by atoms with E-state index in [1.54, 1.807) is 60.7 Å². The fourth-order valence-corrected chi connectivity index (χ4v) is 4.92. The van der Waals surface area contributed by atoms with Crippen LogP contribution in [0, 0.1) is 5.82 Å². The Hall–Kier alpha value is -2.57. The Morgan fingerprint density at radius 1 is 0.840 bits per heavy atom. The van der Waals surface area contributed by atoms with Gasteiger partial charge in [-0.3, -0.25) is 0 Å². The Bertz CT molecular complexity index is 1150. The molecule has 0 aliphatic rings. The van der Waals surface area contributed by atoms with E-state index in [0.29, 0.717) is 0 Å². The number of fused-ring (bicyclic) bond motifs is 1. The average Bonchev–Trinajstić information content (AvgIpc) is 3.06. The first-order valence-electron chi connectivity index (χ1n) is 7.51. The van der Waals surface area contributed by atoms with Crippen molar-refractivity contribution in [2.75, 3.05) is 0 Å². The standard InChI is InChI=1S/C19H12FNO2S2/c20-14-8-6-13(7-9-14)19-21-17-11-10-16(12-18(17)24-19)25(22,23)15-4-2-1-3-5-15/h1-12H. The summed E-state index contributed by atoms with van der Waals surface area (Å²) in [6, 6.07) is 19.3. The molecule has 0 radical (unpaired) electrons. The SMILES string of the molecule is O=S(=O)(c1ccccc1)c1ccc2nc(-c3ccc(F)cc3)sc2c1. The highest BCUT2D eigenvalue weighted by atomic mass is 32.2. The molecule has 1 aromatic heterocycles. The number of nitrogens with zero attached hydrogens (tertiary/aromatic N) is 1. The fraction of sp³-hybridized carbons (Fsp3) is 0. The lowest BCUT2D eigenvalue weighted by Gasteiger charge is -2.04. The van der Waals surface area contributed by atoms with Crippen LogP contribution in [0.15, 0.2) is 82.6 Å². The topological polar surface area (TPSA) is 47.0 Å². The molecule has 0 saturated carbocycles. The molecule has 0 aliphatic carbocycles. The predicted octanol–water partition coefficient (Wildman–Crippen LogP) is 4.94. The summed E-state index contributed by atoms with van der Waals surface area (Å²) in [5.41, 5.74) is 1.52. The number of hydrogen-bond donors (Lipinski definition) is 0. The molecule has 3 aromatic carbocycles. The molecule has 1 heterocycles. The Balaban J connectivity index is 1.80. The Labute approximate surface area is 148 Å². The van der Waals surface area contributed by atoms with Gasteiger partial charge >= 0.3 is 0 Å². The quantitative estimate of drug-likeness (QED) is 0.514. The second kappa shape index (κ2) is 6.06. The third-order valence-electron chi connectivity index (χ3n) is 3.81. The number of rotatable bonds is 3. The average molecular weight is 369 g/mol. The molecule has 0 atom stereocenters. The summed E-state index contributed by atoms with van der Waals surface area (Å²) in [4.78, 5) is 5.01. The highest BCUT2D eigenvalue weighted by Gasteiger charge is 2.18. The highest BCUT2D eigenvalue weighted by Crippen LogP contribution is 2.32. The van der Waals surface area contributed by atoms with Crippen molar-refractivity contribution >= 4 is 31.4 Å². The van der Waals surface area contributed by atoms with Gasteiger partial charge in [0.25, 0.3) is 0 Å². The molecule has 0 amide bonds. The van der Waals surface area contributed by atoms with E-state index in [-0.39, 0.29) is 15.6 Å². The molecule has 0 N–H and O–H groups in total. The van der Waals surface area contributed by atoms with Crippen LogP contribution in [0.3, 0.4) is 0 Å². The molecule has 0 spiro atoms. The molecule has 4 rings (SSSR count). The van der Waals surface area contributed by atoms with Crippen LogP contribution in [0.4, 0.5) is 4.39 Å².